The van der Waals surface area contributed by atoms with E-state index in [-0.39, 0.29) is 12.4 Å². The van der Waals surface area contributed by atoms with Gasteiger partial charge >= 0.3 is 0 Å². The minimum absolute atomic E-state index is 0. The Labute approximate surface area is 130 Å². The van der Waals surface area contributed by atoms with E-state index < -0.39 is 0 Å². The molecule has 2 atom stereocenters. The Bertz CT molecular complexity index is 732. The summed E-state index contributed by atoms with van der Waals surface area (Å²) in [5.41, 5.74) is 9.23. The van der Waals surface area contributed by atoms with Gasteiger partial charge in [-0.25, -0.2) is 0 Å². The third-order valence-corrected chi connectivity index (χ3v) is 4.25. The number of fused-ring (bicyclic) bond motifs is 1. The van der Waals surface area contributed by atoms with E-state index in [4.69, 9.17) is 10.2 Å². The van der Waals surface area contributed by atoms with Gasteiger partial charge in [0.15, 0.2) is 0 Å². The predicted octanol–water partition coefficient (Wildman–Crippen LogP) is 4.58. The highest BCUT2D eigenvalue weighted by atomic mass is 35.5. The van der Waals surface area contributed by atoms with Crippen molar-refractivity contribution in [3.8, 4) is 11.3 Å². The van der Waals surface area contributed by atoms with Crippen molar-refractivity contribution in [1.82, 2.24) is 0 Å². The molecule has 21 heavy (non-hydrogen) atoms. The Balaban J connectivity index is 0.00000132. The van der Waals surface area contributed by atoms with E-state index in [1.807, 2.05) is 18.2 Å². The lowest BCUT2D eigenvalue weighted by Gasteiger charge is -2.02. The Kier molecular flexibility index (Phi) is 3.75. The van der Waals surface area contributed by atoms with Crippen molar-refractivity contribution in [1.29, 1.82) is 0 Å². The largest absolute Gasteiger partial charge is 0.456 e. The number of para-hydroxylation sites is 1. The Morgan fingerprint density at radius 3 is 2.67 bits per heavy atom. The van der Waals surface area contributed by atoms with E-state index in [0.717, 1.165) is 28.8 Å². The average Bonchev–Trinajstić information content (AvgIpc) is 3.17. The molecule has 2 aromatic carbocycles. The molecule has 0 aliphatic heterocycles. The Morgan fingerprint density at radius 2 is 1.90 bits per heavy atom. The molecule has 1 saturated carbocycles. The zero-order chi connectivity index (χ0) is 13.5. The summed E-state index contributed by atoms with van der Waals surface area (Å²) in [6.07, 6.45) is 1.22. The van der Waals surface area contributed by atoms with Crippen molar-refractivity contribution in [2.75, 3.05) is 6.54 Å². The fourth-order valence-electron chi connectivity index (χ4n) is 2.96. The maximum absolute atomic E-state index is 5.94. The Morgan fingerprint density at radius 1 is 1.05 bits per heavy atom. The van der Waals surface area contributed by atoms with Gasteiger partial charge in [-0.05, 0) is 48.6 Å². The van der Waals surface area contributed by atoms with Crippen molar-refractivity contribution < 1.29 is 4.42 Å². The molecule has 4 rings (SSSR count). The lowest BCUT2D eigenvalue weighted by molar-refractivity contribution is 0.631. The van der Waals surface area contributed by atoms with E-state index >= 15 is 0 Å². The maximum atomic E-state index is 5.94. The smallest absolute Gasteiger partial charge is 0.135 e. The van der Waals surface area contributed by atoms with E-state index in [1.54, 1.807) is 0 Å². The fourth-order valence-corrected chi connectivity index (χ4v) is 2.96. The Hall–Kier alpha value is -1.77. The average molecular weight is 300 g/mol. The number of furan rings is 1. The summed E-state index contributed by atoms with van der Waals surface area (Å²) in [5.74, 6) is 2.25. The van der Waals surface area contributed by atoms with Crippen LogP contribution in [0.15, 0.2) is 59.0 Å². The van der Waals surface area contributed by atoms with Crippen LogP contribution in [0.25, 0.3) is 22.3 Å². The molecule has 0 amide bonds. The monoisotopic (exact) mass is 299 g/mol. The zero-order valence-electron chi connectivity index (χ0n) is 11.7. The lowest BCUT2D eigenvalue weighted by atomic mass is 10.0. The first-order valence-electron chi connectivity index (χ1n) is 7.14. The third kappa shape index (κ3) is 2.57. The van der Waals surface area contributed by atoms with E-state index in [1.165, 1.54) is 12.0 Å². The van der Waals surface area contributed by atoms with Crippen LogP contribution in [0.1, 0.15) is 17.9 Å². The number of rotatable bonds is 3. The summed E-state index contributed by atoms with van der Waals surface area (Å²) in [6.45, 7) is 0.791. The number of benzene rings is 2. The summed E-state index contributed by atoms with van der Waals surface area (Å²) >= 11 is 0. The van der Waals surface area contributed by atoms with Crippen LogP contribution < -0.4 is 5.73 Å². The van der Waals surface area contributed by atoms with Crippen molar-refractivity contribution >= 4 is 23.4 Å². The molecule has 2 N–H and O–H groups in total. The molecule has 1 aliphatic rings. The van der Waals surface area contributed by atoms with Gasteiger partial charge in [-0.2, -0.15) is 0 Å². The van der Waals surface area contributed by atoms with Crippen LogP contribution in [0.2, 0.25) is 0 Å². The quantitative estimate of drug-likeness (QED) is 0.768. The number of hydrogen-bond acceptors (Lipinski definition) is 2. The first-order valence-corrected chi connectivity index (χ1v) is 7.14. The lowest BCUT2D eigenvalue weighted by Crippen LogP contribution is -2.01. The molecule has 3 aromatic rings. The molecular formula is C18H18ClNO. The maximum Gasteiger partial charge on any atom is 0.135 e. The fraction of sp³-hybridized carbons (Fsp3) is 0.222. The van der Waals surface area contributed by atoms with Gasteiger partial charge in [0, 0.05) is 10.9 Å². The summed E-state index contributed by atoms with van der Waals surface area (Å²) < 4.78 is 5.94. The van der Waals surface area contributed by atoms with Gasteiger partial charge in [0.1, 0.15) is 11.3 Å². The summed E-state index contributed by atoms with van der Waals surface area (Å²) in [5, 5.41) is 1.15. The highest BCUT2D eigenvalue weighted by Gasteiger charge is 2.36. The third-order valence-electron chi connectivity index (χ3n) is 4.25. The molecule has 1 aliphatic carbocycles. The zero-order valence-corrected chi connectivity index (χ0v) is 12.5. The SMILES string of the molecule is Cl.NC[C@H]1C[C@@H]1c1cccc(-c2cc3ccccc3o2)c1. The van der Waals surface area contributed by atoms with Crippen LogP contribution in [-0.4, -0.2) is 6.54 Å². The first kappa shape index (κ1) is 14.2. The molecule has 108 valence electrons. The molecule has 3 heteroatoms. The summed E-state index contributed by atoms with van der Waals surface area (Å²) in [4.78, 5) is 0. The number of hydrogen-bond donors (Lipinski definition) is 1. The molecular weight excluding hydrogens is 282 g/mol. The molecule has 0 bridgehead atoms. The molecule has 0 spiro atoms. The van der Waals surface area contributed by atoms with E-state index in [2.05, 4.69) is 36.4 Å². The van der Waals surface area contributed by atoms with Crippen molar-refractivity contribution in [2.45, 2.75) is 12.3 Å². The van der Waals surface area contributed by atoms with Crippen molar-refractivity contribution in [3.63, 3.8) is 0 Å². The van der Waals surface area contributed by atoms with Gasteiger partial charge in [0.05, 0.1) is 0 Å². The van der Waals surface area contributed by atoms with Crippen LogP contribution in [-0.2, 0) is 0 Å². The van der Waals surface area contributed by atoms with Crippen LogP contribution in [0.3, 0.4) is 0 Å². The van der Waals surface area contributed by atoms with Gasteiger partial charge in [-0.3, -0.25) is 0 Å². The second-order valence-corrected chi connectivity index (χ2v) is 5.61. The highest BCUT2D eigenvalue weighted by molar-refractivity contribution is 5.85. The summed E-state index contributed by atoms with van der Waals surface area (Å²) in [7, 11) is 0. The standard InChI is InChI=1S/C18H17NO.ClH/c19-11-15-9-16(15)12-5-3-6-13(8-12)18-10-14-4-1-2-7-17(14)20-18;/h1-8,10,15-16H,9,11,19H2;1H/t15-,16-;/m1./s1. The van der Waals surface area contributed by atoms with Crippen LogP contribution in [0.5, 0.6) is 0 Å². The van der Waals surface area contributed by atoms with Crippen molar-refractivity contribution in [2.24, 2.45) is 11.7 Å². The number of halogens is 1. The highest BCUT2D eigenvalue weighted by Crippen LogP contribution is 2.47. The predicted molar refractivity (Wildman–Crippen MR) is 88.8 cm³/mol. The topological polar surface area (TPSA) is 39.2 Å². The second-order valence-electron chi connectivity index (χ2n) is 5.61. The minimum Gasteiger partial charge on any atom is -0.456 e. The molecule has 1 fully saturated rings. The van der Waals surface area contributed by atoms with Gasteiger partial charge in [0.2, 0.25) is 0 Å². The minimum atomic E-state index is 0. The molecule has 0 unspecified atom stereocenters. The second kappa shape index (κ2) is 5.55. The molecule has 2 nitrogen and oxygen atoms in total. The van der Waals surface area contributed by atoms with Gasteiger partial charge < -0.3 is 10.2 Å². The van der Waals surface area contributed by atoms with Crippen molar-refractivity contribution in [3.05, 3.63) is 60.2 Å². The van der Waals surface area contributed by atoms with Gasteiger partial charge in [-0.15, -0.1) is 12.4 Å². The number of nitrogens with two attached hydrogens (primary N) is 1. The van der Waals surface area contributed by atoms with E-state index in [0.29, 0.717) is 11.8 Å². The molecule has 1 aromatic heterocycles. The van der Waals surface area contributed by atoms with Crippen LogP contribution in [0.4, 0.5) is 0 Å². The van der Waals surface area contributed by atoms with Crippen LogP contribution in [0, 0.1) is 5.92 Å². The van der Waals surface area contributed by atoms with Gasteiger partial charge in [-0.1, -0.05) is 36.4 Å². The van der Waals surface area contributed by atoms with Gasteiger partial charge in [0.25, 0.3) is 0 Å². The molecule has 0 saturated heterocycles. The molecule has 0 radical (unpaired) electrons. The molecule has 1 heterocycles. The van der Waals surface area contributed by atoms with E-state index in [9.17, 15) is 0 Å². The van der Waals surface area contributed by atoms with Crippen LogP contribution >= 0.6 is 12.4 Å². The summed E-state index contributed by atoms with van der Waals surface area (Å²) in [6, 6.07) is 18.9. The first-order chi connectivity index (χ1) is 9.85. The normalized spacial score (nSPS) is 20.2.